The van der Waals surface area contributed by atoms with Gasteiger partial charge in [0.25, 0.3) is 0 Å². The Labute approximate surface area is 91.3 Å². The molecule has 3 N–H and O–H groups in total. The van der Waals surface area contributed by atoms with E-state index >= 15 is 0 Å². The van der Waals surface area contributed by atoms with Gasteiger partial charge in [-0.05, 0) is 31.1 Å². The zero-order valence-electron chi connectivity index (χ0n) is 9.79. The van der Waals surface area contributed by atoms with Crippen LogP contribution in [0.1, 0.15) is 40.0 Å². The van der Waals surface area contributed by atoms with Gasteiger partial charge in [0.2, 0.25) is 0 Å². The topological polar surface area (TPSA) is 67.5 Å². The van der Waals surface area contributed by atoms with Crippen LogP contribution >= 0.6 is 0 Å². The molecule has 0 spiro atoms. The lowest BCUT2D eigenvalue weighted by Gasteiger charge is -2.30. The maximum absolute atomic E-state index is 10.6. The summed E-state index contributed by atoms with van der Waals surface area (Å²) in [6, 6.07) is -0.580. The summed E-state index contributed by atoms with van der Waals surface area (Å²) in [6.07, 6.45) is 3.39. The van der Waals surface area contributed by atoms with Crippen LogP contribution < -0.4 is 11.2 Å². The molecule has 1 aliphatic rings. The largest absolute Gasteiger partial charge is 0.350 e. The summed E-state index contributed by atoms with van der Waals surface area (Å²) >= 11 is 0. The van der Waals surface area contributed by atoms with Gasteiger partial charge in [-0.2, -0.15) is 5.10 Å². The van der Waals surface area contributed by atoms with Crippen LogP contribution in [0.5, 0.6) is 0 Å². The Balaban J connectivity index is 2.69. The lowest BCUT2D eigenvalue weighted by Crippen LogP contribution is -2.32. The Morgan fingerprint density at radius 2 is 2.20 bits per heavy atom. The molecule has 1 saturated carbocycles. The Morgan fingerprint density at radius 3 is 2.73 bits per heavy atom. The number of hydrogen-bond donors (Lipinski definition) is 2. The number of hydrazone groups is 1. The van der Waals surface area contributed by atoms with Crippen molar-refractivity contribution in [1.82, 2.24) is 5.43 Å². The van der Waals surface area contributed by atoms with Crippen LogP contribution in [-0.2, 0) is 0 Å². The minimum absolute atomic E-state index is 0.494. The summed E-state index contributed by atoms with van der Waals surface area (Å²) in [5.41, 5.74) is 8.46. The van der Waals surface area contributed by atoms with Crippen molar-refractivity contribution in [2.24, 2.45) is 28.6 Å². The highest BCUT2D eigenvalue weighted by Crippen LogP contribution is 2.30. The van der Waals surface area contributed by atoms with Crippen molar-refractivity contribution in [1.29, 1.82) is 0 Å². The molecule has 0 unspecified atom stereocenters. The molecular weight excluding hydrogens is 190 g/mol. The number of primary amides is 1. The molecule has 86 valence electrons. The number of nitrogens with one attached hydrogen (secondary N) is 1. The maximum Gasteiger partial charge on any atom is 0.332 e. The van der Waals surface area contributed by atoms with Gasteiger partial charge in [-0.3, -0.25) is 0 Å². The summed E-state index contributed by atoms with van der Waals surface area (Å²) in [5, 5.41) is 4.13. The fourth-order valence-corrected chi connectivity index (χ4v) is 2.21. The average molecular weight is 211 g/mol. The fraction of sp³-hybridized carbons (Fsp3) is 0.818. The van der Waals surface area contributed by atoms with Crippen LogP contribution in [0.15, 0.2) is 5.10 Å². The predicted molar refractivity (Wildman–Crippen MR) is 61.5 cm³/mol. The first-order valence-corrected chi connectivity index (χ1v) is 5.62. The van der Waals surface area contributed by atoms with Gasteiger partial charge >= 0.3 is 6.03 Å². The molecule has 15 heavy (non-hydrogen) atoms. The number of carbonyl (C=O) groups excluding carboxylic acids is 1. The molecule has 1 fully saturated rings. The second kappa shape index (κ2) is 5.14. The van der Waals surface area contributed by atoms with E-state index in [0.29, 0.717) is 17.8 Å². The molecule has 0 aliphatic heterocycles. The summed E-state index contributed by atoms with van der Waals surface area (Å²) in [5.74, 6) is 1.73. The van der Waals surface area contributed by atoms with Gasteiger partial charge in [-0.25, -0.2) is 10.2 Å². The van der Waals surface area contributed by atoms with E-state index in [1.165, 1.54) is 6.42 Å². The van der Waals surface area contributed by atoms with E-state index < -0.39 is 6.03 Å². The number of amides is 2. The number of carbonyl (C=O) groups is 1. The second-order valence-corrected chi connectivity index (χ2v) is 4.82. The van der Waals surface area contributed by atoms with E-state index in [0.717, 1.165) is 18.6 Å². The van der Waals surface area contributed by atoms with Crippen LogP contribution in [0.2, 0.25) is 0 Å². The molecule has 0 bridgehead atoms. The summed E-state index contributed by atoms with van der Waals surface area (Å²) in [7, 11) is 0. The van der Waals surface area contributed by atoms with E-state index in [-0.39, 0.29) is 0 Å². The van der Waals surface area contributed by atoms with Gasteiger partial charge in [0.15, 0.2) is 0 Å². The molecule has 0 aromatic heterocycles. The minimum atomic E-state index is -0.580. The van der Waals surface area contributed by atoms with Gasteiger partial charge < -0.3 is 5.73 Å². The smallest absolute Gasteiger partial charge is 0.332 e. The van der Waals surface area contributed by atoms with E-state index in [4.69, 9.17) is 5.73 Å². The highest BCUT2D eigenvalue weighted by molar-refractivity contribution is 5.88. The Bertz CT molecular complexity index is 261. The second-order valence-electron chi connectivity index (χ2n) is 4.82. The Kier molecular flexibility index (Phi) is 4.12. The number of urea groups is 1. The maximum atomic E-state index is 10.6. The summed E-state index contributed by atoms with van der Waals surface area (Å²) in [4.78, 5) is 10.6. The molecule has 0 heterocycles. The van der Waals surface area contributed by atoms with Crippen molar-refractivity contribution in [2.75, 3.05) is 0 Å². The first-order chi connectivity index (χ1) is 7.00. The lowest BCUT2D eigenvalue weighted by molar-refractivity contribution is 0.249. The number of rotatable bonds is 2. The number of nitrogens with two attached hydrogens (primary N) is 1. The van der Waals surface area contributed by atoms with Crippen LogP contribution in [0.3, 0.4) is 0 Å². The number of hydrogen-bond acceptors (Lipinski definition) is 2. The van der Waals surface area contributed by atoms with Gasteiger partial charge in [-0.1, -0.05) is 20.8 Å². The Morgan fingerprint density at radius 1 is 1.53 bits per heavy atom. The number of nitrogens with zero attached hydrogens (tertiary/aromatic N) is 1. The van der Waals surface area contributed by atoms with Crippen molar-refractivity contribution < 1.29 is 4.79 Å². The molecule has 4 nitrogen and oxygen atoms in total. The first kappa shape index (κ1) is 12.0. The molecule has 0 saturated heterocycles. The van der Waals surface area contributed by atoms with Crippen molar-refractivity contribution >= 4 is 11.7 Å². The molecule has 2 atom stereocenters. The molecule has 1 rings (SSSR count). The zero-order chi connectivity index (χ0) is 11.4. The van der Waals surface area contributed by atoms with Crippen molar-refractivity contribution in [3.05, 3.63) is 0 Å². The van der Waals surface area contributed by atoms with Crippen LogP contribution in [0, 0.1) is 17.8 Å². The SMILES string of the molecule is CC(C)[C@H]1CC[C@@H](C)C/C1=N\NC(N)=O. The minimum Gasteiger partial charge on any atom is -0.350 e. The van der Waals surface area contributed by atoms with Crippen molar-refractivity contribution in [3.63, 3.8) is 0 Å². The predicted octanol–water partition coefficient (Wildman–Crippen LogP) is 2.10. The van der Waals surface area contributed by atoms with E-state index in [9.17, 15) is 4.79 Å². The lowest BCUT2D eigenvalue weighted by atomic mass is 9.76. The van der Waals surface area contributed by atoms with Crippen LogP contribution in [0.25, 0.3) is 0 Å². The third-order valence-electron chi connectivity index (χ3n) is 3.07. The van der Waals surface area contributed by atoms with Crippen molar-refractivity contribution in [3.8, 4) is 0 Å². The zero-order valence-corrected chi connectivity index (χ0v) is 9.79. The molecule has 2 amide bonds. The Hall–Kier alpha value is -1.06. The monoisotopic (exact) mass is 211 g/mol. The molecule has 0 aromatic carbocycles. The quantitative estimate of drug-likeness (QED) is 0.675. The summed E-state index contributed by atoms with van der Waals surface area (Å²) < 4.78 is 0. The van der Waals surface area contributed by atoms with Gasteiger partial charge in [0, 0.05) is 11.6 Å². The fourth-order valence-electron chi connectivity index (χ4n) is 2.21. The van der Waals surface area contributed by atoms with Crippen LogP contribution in [-0.4, -0.2) is 11.7 Å². The first-order valence-electron chi connectivity index (χ1n) is 5.62. The molecule has 0 aromatic rings. The van der Waals surface area contributed by atoms with Crippen LogP contribution in [0.4, 0.5) is 4.79 Å². The molecule has 0 radical (unpaired) electrons. The standard InChI is InChI=1S/C11H21N3O/c1-7(2)9-5-4-8(3)6-10(9)13-14-11(12)15/h7-9H,4-6H2,1-3H3,(H3,12,14,15)/b13-10+/t8-,9-/m1/s1. The molecular formula is C11H21N3O. The van der Waals surface area contributed by atoms with E-state index in [2.05, 4.69) is 31.3 Å². The normalized spacial score (nSPS) is 29.5. The van der Waals surface area contributed by atoms with E-state index in [1.807, 2.05) is 0 Å². The molecule has 4 heteroatoms. The van der Waals surface area contributed by atoms with Crippen molar-refractivity contribution in [2.45, 2.75) is 40.0 Å². The highest BCUT2D eigenvalue weighted by Gasteiger charge is 2.27. The van der Waals surface area contributed by atoms with E-state index in [1.54, 1.807) is 0 Å². The highest BCUT2D eigenvalue weighted by atomic mass is 16.2. The van der Waals surface area contributed by atoms with Gasteiger partial charge in [0.05, 0.1) is 0 Å². The third-order valence-corrected chi connectivity index (χ3v) is 3.07. The summed E-state index contributed by atoms with van der Waals surface area (Å²) in [6.45, 7) is 6.61. The van der Waals surface area contributed by atoms with Gasteiger partial charge in [0.1, 0.15) is 0 Å². The van der Waals surface area contributed by atoms with Gasteiger partial charge in [-0.15, -0.1) is 0 Å². The average Bonchev–Trinajstić information content (AvgIpc) is 2.14. The third kappa shape index (κ3) is 3.53. The molecule has 1 aliphatic carbocycles.